The number of ether oxygens (including phenoxy) is 1. The van der Waals surface area contributed by atoms with Crippen molar-refractivity contribution >= 4 is 0 Å². The van der Waals surface area contributed by atoms with Crippen LogP contribution in [-0.2, 0) is 11.3 Å². The van der Waals surface area contributed by atoms with Gasteiger partial charge >= 0.3 is 6.11 Å². The van der Waals surface area contributed by atoms with Crippen molar-refractivity contribution in [1.29, 1.82) is 0 Å². The standard InChI is InChI=1S/C8H11F2N3O/c1-8(9,10)14-4-6-11-7(13-12-6)5-2-3-5/h5H,2-4H2,1H3,(H,11,12,13). The molecule has 1 heterocycles. The molecule has 1 N–H and O–H groups in total. The average Bonchev–Trinajstić information content (AvgIpc) is 2.81. The normalized spacial score (nSPS) is 17.4. The summed E-state index contributed by atoms with van der Waals surface area (Å²) in [6, 6.07) is 0. The summed E-state index contributed by atoms with van der Waals surface area (Å²) in [5.41, 5.74) is 0. The van der Waals surface area contributed by atoms with E-state index in [1.165, 1.54) is 0 Å². The molecule has 0 aliphatic heterocycles. The van der Waals surface area contributed by atoms with Crippen LogP contribution >= 0.6 is 0 Å². The van der Waals surface area contributed by atoms with Gasteiger partial charge in [0.1, 0.15) is 6.61 Å². The second kappa shape index (κ2) is 3.27. The van der Waals surface area contributed by atoms with Crippen LogP contribution in [0.3, 0.4) is 0 Å². The van der Waals surface area contributed by atoms with Crippen LogP contribution in [0.2, 0.25) is 0 Å². The first-order valence-electron chi connectivity index (χ1n) is 4.47. The summed E-state index contributed by atoms with van der Waals surface area (Å²) in [6.45, 7) is 0.467. The van der Waals surface area contributed by atoms with Crippen molar-refractivity contribution in [2.75, 3.05) is 0 Å². The molecule has 0 bridgehead atoms. The molecule has 0 atom stereocenters. The van der Waals surface area contributed by atoms with Crippen LogP contribution in [-0.4, -0.2) is 21.3 Å². The van der Waals surface area contributed by atoms with E-state index in [1.54, 1.807) is 0 Å². The highest BCUT2D eigenvalue weighted by atomic mass is 19.3. The summed E-state index contributed by atoms with van der Waals surface area (Å²) >= 11 is 0. The highest BCUT2D eigenvalue weighted by Crippen LogP contribution is 2.37. The lowest BCUT2D eigenvalue weighted by atomic mass is 10.4. The minimum atomic E-state index is -3.12. The largest absolute Gasteiger partial charge is 0.353 e. The molecule has 1 aromatic rings. The Morgan fingerprint density at radius 1 is 1.57 bits per heavy atom. The number of nitrogens with zero attached hydrogens (tertiary/aromatic N) is 2. The molecule has 0 saturated heterocycles. The Morgan fingerprint density at radius 3 is 2.86 bits per heavy atom. The quantitative estimate of drug-likeness (QED) is 0.811. The summed E-state index contributed by atoms with van der Waals surface area (Å²) in [7, 11) is 0. The van der Waals surface area contributed by atoms with Crippen LogP contribution in [0.5, 0.6) is 0 Å². The molecule has 1 fully saturated rings. The highest BCUT2D eigenvalue weighted by Gasteiger charge is 2.28. The summed E-state index contributed by atoms with van der Waals surface area (Å²) in [5.74, 6) is 1.48. The van der Waals surface area contributed by atoms with Gasteiger partial charge in [0.15, 0.2) is 11.6 Å². The SMILES string of the molecule is CC(F)(F)OCc1nc(C2CC2)n[nH]1. The third kappa shape index (κ3) is 2.47. The van der Waals surface area contributed by atoms with Gasteiger partial charge in [-0.2, -0.15) is 13.9 Å². The van der Waals surface area contributed by atoms with E-state index in [2.05, 4.69) is 19.9 Å². The molecule has 0 radical (unpaired) electrons. The Labute approximate surface area is 79.7 Å². The third-order valence-corrected chi connectivity index (χ3v) is 1.95. The van der Waals surface area contributed by atoms with Crippen molar-refractivity contribution in [3.63, 3.8) is 0 Å². The average molecular weight is 203 g/mol. The van der Waals surface area contributed by atoms with Crippen molar-refractivity contribution in [2.24, 2.45) is 0 Å². The van der Waals surface area contributed by atoms with Gasteiger partial charge in [-0.15, -0.1) is 0 Å². The van der Waals surface area contributed by atoms with E-state index in [1.807, 2.05) is 0 Å². The fourth-order valence-corrected chi connectivity index (χ4v) is 1.09. The van der Waals surface area contributed by atoms with Gasteiger partial charge in [0, 0.05) is 12.8 Å². The molecular formula is C8H11F2N3O. The Morgan fingerprint density at radius 2 is 2.29 bits per heavy atom. The van der Waals surface area contributed by atoms with Crippen LogP contribution in [0, 0.1) is 0 Å². The van der Waals surface area contributed by atoms with E-state index in [4.69, 9.17) is 0 Å². The molecule has 2 rings (SSSR count). The smallest absolute Gasteiger partial charge is 0.313 e. The summed E-state index contributed by atoms with van der Waals surface area (Å²) in [5, 5.41) is 6.50. The fourth-order valence-electron chi connectivity index (χ4n) is 1.09. The zero-order valence-corrected chi connectivity index (χ0v) is 7.76. The third-order valence-electron chi connectivity index (χ3n) is 1.95. The van der Waals surface area contributed by atoms with Crippen molar-refractivity contribution < 1.29 is 13.5 Å². The monoisotopic (exact) mass is 203 g/mol. The molecule has 0 aromatic carbocycles. The molecule has 0 spiro atoms. The zero-order chi connectivity index (χ0) is 10.2. The highest BCUT2D eigenvalue weighted by molar-refractivity contribution is 5.04. The van der Waals surface area contributed by atoms with Gasteiger partial charge in [-0.25, -0.2) is 4.98 Å². The number of hydrogen-bond donors (Lipinski definition) is 1. The summed E-state index contributed by atoms with van der Waals surface area (Å²) < 4.78 is 28.9. The van der Waals surface area contributed by atoms with E-state index < -0.39 is 6.11 Å². The Bertz CT molecular complexity index is 317. The minimum Gasteiger partial charge on any atom is -0.313 e. The molecule has 4 nitrogen and oxygen atoms in total. The maximum atomic E-state index is 12.3. The van der Waals surface area contributed by atoms with Crippen LogP contribution in [0.4, 0.5) is 8.78 Å². The van der Waals surface area contributed by atoms with Crippen molar-refractivity contribution in [3.8, 4) is 0 Å². The molecule has 1 aliphatic rings. The molecule has 78 valence electrons. The van der Waals surface area contributed by atoms with Crippen LogP contribution in [0.15, 0.2) is 0 Å². The number of H-pyrrole nitrogens is 1. The number of hydrogen-bond acceptors (Lipinski definition) is 3. The van der Waals surface area contributed by atoms with E-state index in [9.17, 15) is 8.78 Å². The van der Waals surface area contributed by atoms with Gasteiger partial charge in [-0.3, -0.25) is 5.10 Å². The lowest BCUT2D eigenvalue weighted by Gasteiger charge is -2.08. The van der Waals surface area contributed by atoms with Gasteiger partial charge < -0.3 is 4.74 Å². The minimum absolute atomic E-state index is 0.233. The van der Waals surface area contributed by atoms with E-state index >= 15 is 0 Å². The number of nitrogens with one attached hydrogen (secondary N) is 1. The summed E-state index contributed by atoms with van der Waals surface area (Å²) in [4.78, 5) is 4.05. The molecular weight excluding hydrogens is 192 g/mol. The van der Waals surface area contributed by atoms with Crippen LogP contribution < -0.4 is 0 Å². The maximum Gasteiger partial charge on any atom is 0.353 e. The number of rotatable bonds is 4. The lowest BCUT2D eigenvalue weighted by Crippen LogP contribution is -2.15. The van der Waals surface area contributed by atoms with E-state index in [0.717, 1.165) is 12.8 Å². The fraction of sp³-hybridized carbons (Fsp3) is 0.750. The molecule has 1 saturated carbocycles. The van der Waals surface area contributed by atoms with Gasteiger partial charge in [0.05, 0.1) is 0 Å². The molecule has 0 unspecified atom stereocenters. The van der Waals surface area contributed by atoms with Gasteiger partial charge in [-0.1, -0.05) is 0 Å². The van der Waals surface area contributed by atoms with Crippen LogP contribution in [0.1, 0.15) is 37.3 Å². The number of aromatic amines is 1. The van der Waals surface area contributed by atoms with E-state index in [0.29, 0.717) is 24.5 Å². The Kier molecular flexibility index (Phi) is 2.22. The predicted molar refractivity (Wildman–Crippen MR) is 43.8 cm³/mol. The number of alkyl halides is 2. The second-order valence-electron chi connectivity index (χ2n) is 3.51. The number of halogens is 2. The molecule has 1 aliphatic carbocycles. The first kappa shape index (κ1) is 9.51. The maximum absolute atomic E-state index is 12.3. The van der Waals surface area contributed by atoms with E-state index in [-0.39, 0.29) is 6.61 Å². The van der Waals surface area contributed by atoms with Crippen molar-refractivity contribution in [2.45, 2.75) is 38.4 Å². The second-order valence-corrected chi connectivity index (χ2v) is 3.51. The lowest BCUT2D eigenvalue weighted by molar-refractivity contribution is -0.232. The first-order valence-corrected chi connectivity index (χ1v) is 4.47. The van der Waals surface area contributed by atoms with Gasteiger partial charge in [0.25, 0.3) is 0 Å². The summed E-state index contributed by atoms with van der Waals surface area (Å²) in [6.07, 6.45) is -0.948. The number of aromatic nitrogens is 3. The van der Waals surface area contributed by atoms with Crippen LogP contribution in [0.25, 0.3) is 0 Å². The van der Waals surface area contributed by atoms with Crippen molar-refractivity contribution in [1.82, 2.24) is 15.2 Å². The molecule has 0 amide bonds. The first-order chi connectivity index (χ1) is 6.54. The molecule has 1 aromatic heterocycles. The van der Waals surface area contributed by atoms with Gasteiger partial charge in [0.2, 0.25) is 0 Å². The Hall–Kier alpha value is -1.04. The molecule has 6 heteroatoms. The van der Waals surface area contributed by atoms with Crippen molar-refractivity contribution in [3.05, 3.63) is 11.6 Å². The topological polar surface area (TPSA) is 50.8 Å². The predicted octanol–water partition coefficient (Wildman–Crippen LogP) is 1.81. The Balaban J connectivity index is 1.90. The molecule has 14 heavy (non-hydrogen) atoms. The van der Waals surface area contributed by atoms with Gasteiger partial charge in [-0.05, 0) is 12.8 Å². The zero-order valence-electron chi connectivity index (χ0n) is 7.76.